The molecular weight excluding hydrogens is 228 g/mol. The van der Waals surface area contributed by atoms with Crippen LogP contribution >= 0.6 is 0 Å². The van der Waals surface area contributed by atoms with Gasteiger partial charge in [-0.05, 0) is 46.1 Å². The zero-order chi connectivity index (χ0) is 13.9. The van der Waals surface area contributed by atoms with Crippen molar-refractivity contribution in [3.8, 4) is 6.07 Å². The molecule has 2 unspecified atom stereocenters. The van der Waals surface area contributed by atoms with Crippen LogP contribution in [-0.2, 0) is 9.47 Å². The topological polar surface area (TPSA) is 54.3 Å². The molecule has 106 valence electrons. The van der Waals surface area contributed by atoms with Crippen LogP contribution in [0.1, 0.15) is 46.5 Å². The Bertz CT molecular complexity index is 240. The lowest BCUT2D eigenvalue weighted by atomic mass is 9.96. The average Bonchev–Trinajstić information content (AvgIpc) is 2.36. The van der Waals surface area contributed by atoms with Crippen LogP contribution in [0.25, 0.3) is 0 Å². The van der Waals surface area contributed by atoms with Gasteiger partial charge in [0.15, 0.2) is 0 Å². The van der Waals surface area contributed by atoms with Gasteiger partial charge in [-0.1, -0.05) is 6.92 Å². The molecule has 0 radical (unpaired) electrons. The number of rotatable bonds is 11. The van der Waals surface area contributed by atoms with E-state index in [2.05, 4.69) is 18.3 Å². The van der Waals surface area contributed by atoms with Crippen LogP contribution in [0, 0.1) is 11.3 Å². The van der Waals surface area contributed by atoms with Crippen LogP contribution in [0.5, 0.6) is 0 Å². The lowest BCUT2D eigenvalue weighted by Gasteiger charge is -2.23. The van der Waals surface area contributed by atoms with Crippen molar-refractivity contribution in [1.29, 1.82) is 5.26 Å². The van der Waals surface area contributed by atoms with Gasteiger partial charge >= 0.3 is 0 Å². The van der Waals surface area contributed by atoms with Crippen molar-refractivity contribution < 1.29 is 9.47 Å². The number of methoxy groups -OCH3 is 1. The second kappa shape index (κ2) is 10.3. The molecule has 2 atom stereocenters. The van der Waals surface area contributed by atoms with Gasteiger partial charge in [0, 0.05) is 13.7 Å². The molecule has 0 aromatic carbocycles. The van der Waals surface area contributed by atoms with Gasteiger partial charge in [-0.2, -0.15) is 5.26 Å². The summed E-state index contributed by atoms with van der Waals surface area (Å²) in [7, 11) is 1.68. The Morgan fingerprint density at radius 2 is 2.11 bits per heavy atom. The van der Waals surface area contributed by atoms with Crippen molar-refractivity contribution in [3.05, 3.63) is 0 Å². The summed E-state index contributed by atoms with van der Waals surface area (Å²) in [5.74, 6) is 0. The van der Waals surface area contributed by atoms with E-state index in [1.807, 2.05) is 13.8 Å². The maximum Gasteiger partial charge on any atom is 0.103 e. The third-order valence-corrected chi connectivity index (χ3v) is 2.89. The van der Waals surface area contributed by atoms with Crippen LogP contribution in [-0.4, -0.2) is 38.5 Å². The molecule has 4 heteroatoms. The van der Waals surface area contributed by atoms with E-state index in [0.717, 1.165) is 38.8 Å². The van der Waals surface area contributed by atoms with Crippen molar-refractivity contribution in [3.63, 3.8) is 0 Å². The second-order valence-corrected chi connectivity index (χ2v) is 4.96. The average molecular weight is 256 g/mol. The van der Waals surface area contributed by atoms with E-state index in [4.69, 9.17) is 14.7 Å². The summed E-state index contributed by atoms with van der Waals surface area (Å²) in [6.07, 6.45) is 4.05. The summed E-state index contributed by atoms with van der Waals surface area (Å²) in [6.45, 7) is 8.35. The van der Waals surface area contributed by atoms with Crippen LogP contribution in [0.15, 0.2) is 0 Å². The van der Waals surface area contributed by atoms with Gasteiger partial charge in [-0.15, -0.1) is 0 Å². The first kappa shape index (κ1) is 17.4. The van der Waals surface area contributed by atoms with Gasteiger partial charge in [-0.25, -0.2) is 0 Å². The minimum absolute atomic E-state index is 0.149. The normalized spacial score (nSPS) is 15.9. The number of nitrogens with one attached hydrogen (secondary N) is 1. The maximum atomic E-state index is 9.17. The lowest BCUT2D eigenvalue weighted by Crippen LogP contribution is -2.41. The third kappa shape index (κ3) is 8.46. The fourth-order valence-electron chi connectivity index (χ4n) is 1.73. The van der Waals surface area contributed by atoms with Crippen LogP contribution in [0.3, 0.4) is 0 Å². The zero-order valence-corrected chi connectivity index (χ0v) is 12.3. The van der Waals surface area contributed by atoms with Crippen LogP contribution in [0.4, 0.5) is 0 Å². The molecule has 0 saturated heterocycles. The van der Waals surface area contributed by atoms with E-state index in [0.29, 0.717) is 6.61 Å². The van der Waals surface area contributed by atoms with Gasteiger partial charge in [0.1, 0.15) is 5.54 Å². The molecule has 0 rings (SSSR count). The Morgan fingerprint density at radius 1 is 1.39 bits per heavy atom. The van der Waals surface area contributed by atoms with Gasteiger partial charge < -0.3 is 9.47 Å². The summed E-state index contributed by atoms with van der Waals surface area (Å²) >= 11 is 0. The molecular formula is C14H28N2O2. The summed E-state index contributed by atoms with van der Waals surface area (Å²) in [4.78, 5) is 0. The van der Waals surface area contributed by atoms with Crippen molar-refractivity contribution in [2.75, 3.05) is 26.9 Å². The molecule has 0 spiro atoms. The Labute approximate surface area is 112 Å². The highest BCUT2D eigenvalue weighted by atomic mass is 16.5. The first-order valence-corrected chi connectivity index (χ1v) is 6.84. The number of hydrogen-bond acceptors (Lipinski definition) is 4. The molecule has 18 heavy (non-hydrogen) atoms. The highest BCUT2D eigenvalue weighted by molar-refractivity contribution is 5.03. The Kier molecular flexibility index (Phi) is 9.95. The summed E-state index contributed by atoms with van der Waals surface area (Å²) < 4.78 is 10.6. The smallest absolute Gasteiger partial charge is 0.103 e. The standard InChI is InChI=1S/C14H28N2O2/c1-5-9-16-14(3,12-15)8-6-7-10-18-13(2)11-17-4/h13,16H,5-11H2,1-4H3. The maximum absolute atomic E-state index is 9.17. The third-order valence-electron chi connectivity index (χ3n) is 2.89. The first-order chi connectivity index (χ1) is 8.58. The van der Waals surface area contributed by atoms with Crippen molar-refractivity contribution >= 4 is 0 Å². The van der Waals surface area contributed by atoms with Gasteiger partial charge in [0.25, 0.3) is 0 Å². The molecule has 0 aromatic heterocycles. The van der Waals surface area contributed by atoms with E-state index in [9.17, 15) is 0 Å². The van der Waals surface area contributed by atoms with Gasteiger partial charge in [0.2, 0.25) is 0 Å². The quantitative estimate of drug-likeness (QED) is 0.577. The van der Waals surface area contributed by atoms with Crippen LogP contribution < -0.4 is 5.32 Å². The molecule has 0 fully saturated rings. The zero-order valence-electron chi connectivity index (χ0n) is 12.3. The van der Waals surface area contributed by atoms with Crippen molar-refractivity contribution in [2.24, 2.45) is 0 Å². The number of unbranched alkanes of at least 4 members (excludes halogenated alkanes) is 1. The van der Waals surface area contributed by atoms with E-state index < -0.39 is 5.54 Å². The molecule has 0 aliphatic carbocycles. The fraction of sp³-hybridized carbons (Fsp3) is 0.929. The van der Waals surface area contributed by atoms with E-state index >= 15 is 0 Å². The SMILES string of the molecule is CCCNC(C)(C#N)CCCCOC(C)COC. The predicted molar refractivity (Wildman–Crippen MR) is 73.5 cm³/mol. The van der Waals surface area contributed by atoms with E-state index in [-0.39, 0.29) is 6.10 Å². The minimum Gasteiger partial charge on any atom is -0.382 e. The Morgan fingerprint density at radius 3 is 2.67 bits per heavy atom. The summed E-state index contributed by atoms with van der Waals surface area (Å²) in [5.41, 5.74) is -0.395. The highest BCUT2D eigenvalue weighted by Gasteiger charge is 2.21. The van der Waals surface area contributed by atoms with Crippen LogP contribution in [0.2, 0.25) is 0 Å². The number of hydrogen-bond donors (Lipinski definition) is 1. The molecule has 0 saturated carbocycles. The lowest BCUT2D eigenvalue weighted by molar-refractivity contribution is 0.00738. The molecule has 0 aliphatic rings. The number of nitriles is 1. The summed E-state index contributed by atoms with van der Waals surface area (Å²) in [6, 6.07) is 2.36. The van der Waals surface area contributed by atoms with E-state index in [1.54, 1.807) is 7.11 Å². The first-order valence-electron chi connectivity index (χ1n) is 6.84. The van der Waals surface area contributed by atoms with Crippen molar-refractivity contribution in [1.82, 2.24) is 5.32 Å². The minimum atomic E-state index is -0.395. The van der Waals surface area contributed by atoms with Crippen molar-refractivity contribution in [2.45, 2.75) is 58.1 Å². The molecule has 0 heterocycles. The monoisotopic (exact) mass is 256 g/mol. The van der Waals surface area contributed by atoms with E-state index in [1.165, 1.54) is 0 Å². The molecule has 0 amide bonds. The fourth-order valence-corrected chi connectivity index (χ4v) is 1.73. The largest absolute Gasteiger partial charge is 0.382 e. The molecule has 0 aromatic rings. The second-order valence-electron chi connectivity index (χ2n) is 4.96. The Hall–Kier alpha value is -0.630. The molecule has 1 N–H and O–H groups in total. The summed E-state index contributed by atoms with van der Waals surface area (Å²) in [5, 5.41) is 12.5. The van der Waals surface area contributed by atoms with Gasteiger partial charge in [0.05, 0.1) is 18.8 Å². The number of nitrogens with zero attached hydrogens (tertiary/aromatic N) is 1. The molecule has 4 nitrogen and oxygen atoms in total. The molecule has 0 aliphatic heterocycles. The van der Waals surface area contributed by atoms with Gasteiger partial charge in [-0.3, -0.25) is 5.32 Å². The molecule has 0 bridgehead atoms. The highest BCUT2D eigenvalue weighted by Crippen LogP contribution is 2.13. The Balaban J connectivity index is 3.65. The number of ether oxygens (including phenoxy) is 2. The predicted octanol–water partition coefficient (Wildman–Crippen LogP) is 2.49.